The third-order valence-corrected chi connectivity index (χ3v) is 3.67. The Morgan fingerprint density at radius 2 is 1.83 bits per heavy atom. The first-order valence-corrected chi connectivity index (χ1v) is 6.75. The molecule has 0 heterocycles. The van der Waals surface area contributed by atoms with Gasteiger partial charge in [-0.25, -0.2) is 4.39 Å². The molecule has 0 spiro atoms. The third-order valence-electron chi connectivity index (χ3n) is 2.83. The van der Waals surface area contributed by atoms with Gasteiger partial charge in [-0.2, -0.15) is 0 Å². The Labute approximate surface area is 115 Å². The van der Waals surface area contributed by atoms with Crippen LogP contribution >= 0.6 is 15.9 Å². The van der Waals surface area contributed by atoms with Crippen LogP contribution in [0.25, 0.3) is 0 Å². The molecule has 3 heteroatoms. The number of halogens is 2. The molecule has 0 fully saturated rings. The second kappa shape index (κ2) is 6.12. The van der Waals surface area contributed by atoms with E-state index in [9.17, 15) is 4.39 Å². The van der Waals surface area contributed by atoms with Gasteiger partial charge < -0.3 is 5.32 Å². The van der Waals surface area contributed by atoms with Gasteiger partial charge >= 0.3 is 0 Å². The maximum absolute atomic E-state index is 13.6. The summed E-state index contributed by atoms with van der Waals surface area (Å²) in [6, 6.07) is 15.2. The highest BCUT2D eigenvalue weighted by Gasteiger charge is 2.17. The molecule has 2 rings (SSSR count). The molecular formula is C15H15BrFN. The van der Waals surface area contributed by atoms with Gasteiger partial charge in [0.05, 0.1) is 10.5 Å². The molecule has 0 bridgehead atoms. The molecule has 0 radical (unpaired) electrons. The lowest BCUT2D eigenvalue weighted by molar-refractivity contribution is 0.595. The molecule has 94 valence electrons. The quantitative estimate of drug-likeness (QED) is 0.888. The van der Waals surface area contributed by atoms with E-state index in [1.807, 2.05) is 43.3 Å². The van der Waals surface area contributed by atoms with Crippen LogP contribution in [0.3, 0.4) is 0 Å². The molecule has 0 aliphatic carbocycles. The zero-order valence-electron chi connectivity index (χ0n) is 10.2. The highest BCUT2D eigenvalue weighted by molar-refractivity contribution is 9.10. The average Bonchev–Trinajstić information content (AvgIpc) is 2.41. The van der Waals surface area contributed by atoms with E-state index in [0.29, 0.717) is 4.47 Å². The van der Waals surface area contributed by atoms with Gasteiger partial charge in [-0.3, -0.25) is 0 Å². The van der Waals surface area contributed by atoms with Gasteiger partial charge in [-0.1, -0.05) is 49.4 Å². The van der Waals surface area contributed by atoms with Crippen LogP contribution in [0.5, 0.6) is 0 Å². The van der Waals surface area contributed by atoms with Crippen molar-refractivity contribution in [3.05, 3.63) is 69.9 Å². The highest BCUT2D eigenvalue weighted by atomic mass is 79.9. The summed E-state index contributed by atoms with van der Waals surface area (Å²) in [5.74, 6) is -0.230. The van der Waals surface area contributed by atoms with Gasteiger partial charge in [-0.05, 0) is 39.7 Å². The fourth-order valence-electron chi connectivity index (χ4n) is 2.00. The van der Waals surface area contributed by atoms with E-state index < -0.39 is 0 Å². The molecule has 0 amide bonds. The molecule has 0 aliphatic heterocycles. The van der Waals surface area contributed by atoms with Gasteiger partial charge in [-0.15, -0.1) is 0 Å². The van der Waals surface area contributed by atoms with Crippen LogP contribution in [-0.4, -0.2) is 6.54 Å². The van der Waals surface area contributed by atoms with Crippen LogP contribution in [0, 0.1) is 5.82 Å². The minimum absolute atomic E-state index is 0.00118. The number of hydrogen-bond donors (Lipinski definition) is 1. The topological polar surface area (TPSA) is 12.0 Å². The van der Waals surface area contributed by atoms with Crippen LogP contribution in [0.2, 0.25) is 0 Å². The Morgan fingerprint density at radius 3 is 2.50 bits per heavy atom. The van der Waals surface area contributed by atoms with Crippen LogP contribution in [0.4, 0.5) is 4.39 Å². The van der Waals surface area contributed by atoms with Crippen molar-refractivity contribution in [2.45, 2.75) is 13.0 Å². The molecule has 18 heavy (non-hydrogen) atoms. The third kappa shape index (κ3) is 2.79. The van der Waals surface area contributed by atoms with Crippen molar-refractivity contribution in [2.24, 2.45) is 0 Å². The lowest BCUT2D eigenvalue weighted by Crippen LogP contribution is -2.22. The van der Waals surface area contributed by atoms with Gasteiger partial charge in [0.15, 0.2) is 0 Å². The molecule has 1 N–H and O–H groups in total. The van der Waals surface area contributed by atoms with Crippen LogP contribution in [0.15, 0.2) is 53.0 Å². The van der Waals surface area contributed by atoms with Crippen molar-refractivity contribution in [2.75, 3.05) is 6.54 Å². The zero-order chi connectivity index (χ0) is 13.0. The van der Waals surface area contributed by atoms with Crippen LogP contribution < -0.4 is 5.32 Å². The van der Waals surface area contributed by atoms with E-state index in [1.54, 1.807) is 6.07 Å². The van der Waals surface area contributed by atoms with E-state index in [0.717, 1.165) is 17.7 Å². The predicted octanol–water partition coefficient (Wildman–Crippen LogP) is 4.29. The van der Waals surface area contributed by atoms with E-state index in [2.05, 4.69) is 21.2 Å². The summed E-state index contributed by atoms with van der Waals surface area (Å²) >= 11 is 3.33. The predicted molar refractivity (Wildman–Crippen MR) is 76.1 cm³/mol. The number of hydrogen-bond acceptors (Lipinski definition) is 1. The number of benzene rings is 2. The van der Waals surface area contributed by atoms with E-state index in [-0.39, 0.29) is 11.9 Å². The van der Waals surface area contributed by atoms with Crippen LogP contribution in [0.1, 0.15) is 24.1 Å². The van der Waals surface area contributed by atoms with Gasteiger partial charge in [0, 0.05) is 0 Å². The molecule has 0 aliphatic rings. The monoisotopic (exact) mass is 307 g/mol. The Morgan fingerprint density at radius 1 is 1.11 bits per heavy atom. The Balaban J connectivity index is 2.45. The van der Waals surface area contributed by atoms with Gasteiger partial charge in [0.25, 0.3) is 0 Å². The van der Waals surface area contributed by atoms with E-state index in [4.69, 9.17) is 0 Å². The first kappa shape index (κ1) is 13.2. The largest absolute Gasteiger partial charge is 0.306 e. The summed E-state index contributed by atoms with van der Waals surface area (Å²) in [6.07, 6.45) is 0. The zero-order valence-corrected chi connectivity index (χ0v) is 11.7. The molecule has 0 aromatic heterocycles. The maximum Gasteiger partial charge on any atom is 0.137 e. The maximum atomic E-state index is 13.6. The van der Waals surface area contributed by atoms with Crippen molar-refractivity contribution in [3.8, 4) is 0 Å². The van der Waals surface area contributed by atoms with Crippen molar-refractivity contribution < 1.29 is 4.39 Å². The van der Waals surface area contributed by atoms with Crippen LogP contribution in [-0.2, 0) is 0 Å². The van der Waals surface area contributed by atoms with E-state index in [1.165, 1.54) is 6.07 Å². The fraction of sp³-hybridized carbons (Fsp3) is 0.200. The first-order chi connectivity index (χ1) is 8.74. The summed E-state index contributed by atoms with van der Waals surface area (Å²) in [5, 5.41) is 3.39. The average molecular weight is 308 g/mol. The fourth-order valence-corrected chi connectivity index (χ4v) is 2.49. The SMILES string of the molecule is CCNC(c1ccccc1)c1cccc(F)c1Br. The molecule has 2 aromatic carbocycles. The van der Waals surface area contributed by atoms with E-state index >= 15 is 0 Å². The summed E-state index contributed by atoms with van der Waals surface area (Å²) < 4.78 is 14.1. The van der Waals surface area contributed by atoms with Gasteiger partial charge in [0.2, 0.25) is 0 Å². The minimum Gasteiger partial charge on any atom is -0.306 e. The first-order valence-electron chi connectivity index (χ1n) is 5.96. The molecule has 1 atom stereocenters. The lowest BCUT2D eigenvalue weighted by Gasteiger charge is -2.20. The second-order valence-electron chi connectivity index (χ2n) is 4.04. The second-order valence-corrected chi connectivity index (χ2v) is 4.84. The molecule has 1 unspecified atom stereocenters. The normalized spacial score (nSPS) is 12.4. The Hall–Kier alpha value is -1.19. The molecule has 2 aromatic rings. The Kier molecular flexibility index (Phi) is 4.50. The smallest absolute Gasteiger partial charge is 0.137 e. The highest BCUT2D eigenvalue weighted by Crippen LogP contribution is 2.30. The molecular weight excluding hydrogens is 293 g/mol. The number of nitrogens with one attached hydrogen (secondary N) is 1. The number of rotatable bonds is 4. The van der Waals surface area contributed by atoms with Crippen molar-refractivity contribution in [1.82, 2.24) is 5.32 Å². The lowest BCUT2D eigenvalue weighted by atomic mass is 9.98. The minimum atomic E-state index is -0.230. The summed E-state index contributed by atoms with van der Waals surface area (Å²) in [6.45, 7) is 2.87. The Bertz CT molecular complexity index is 513. The van der Waals surface area contributed by atoms with Crippen molar-refractivity contribution >= 4 is 15.9 Å². The van der Waals surface area contributed by atoms with Gasteiger partial charge in [0.1, 0.15) is 5.82 Å². The summed E-state index contributed by atoms with van der Waals surface area (Å²) in [7, 11) is 0. The standard InChI is InChI=1S/C15H15BrFN/c1-2-18-15(11-7-4-3-5-8-11)12-9-6-10-13(17)14(12)16/h3-10,15,18H,2H2,1H3. The summed E-state index contributed by atoms with van der Waals surface area (Å²) in [4.78, 5) is 0. The molecule has 0 saturated carbocycles. The van der Waals surface area contributed by atoms with Crippen molar-refractivity contribution in [1.29, 1.82) is 0 Å². The molecule has 0 saturated heterocycles. The van der Waals surface area contributed by atoms with Crippen molar-refractivity contribution in [3.63, 3.8) is 0 Å². The molecule has 1 nitrogen and oxygen atoms in total. The summed E-state index contributed by atoms with van der Waals surface area (Å²) in [5.41, 5.74) is 2.05.